The lowest BCUT2D eigenvalue weighted by Gasteiger charge is -2.28. The summed E-state index contributed by atoms with van der Waals surface area (Å²) >= 11 is 0. The molecule has 0 saturated heterocycles. The van der Waals surface area contributed by atoms with Gasteiger partial charge in [0.1, 0.15) is 5.76 Å². The van der Waals surface area contributed by atoms with Gasteiger partial charge in [0.15, 0.2) is 0 Å². The van der Waals surface area contributed by atoms with Crippen molar-refractivity contribution < 1.29 is 19.4 Å². The Kier molecular flexibility index (Phi) is 8.69. The standard InChI is InChI=1S/C27H37NO4/c1-8-11-21-16-18(2)24(19(3)17-21)25-22(30)12-9-14-28(20(4)29)15-10-13-23(25)32-26(31)27(5,6)7/h16-17,22,30H,9-10,12-15H2,1-7H3/b25-23-. The summed E-state index contributed by atoms with van der Waals surface area (Å²) in [6.45, 7) is 14.0. The molecule has 2 rings (SSSR count). The van der Waals surface area contributed by atoms with Crippen molar-refractivity contribution in [2.45, 2.75) is 80.3 Å². The molecule has 1 unspecified atom stereocenters. The predicted molar refractivity (Wildman–Crippen MR) is 128 cm³/mol. The highest BCUT2D eigenvalue weighted by molar-refractivity contribution is 5.81. The van der Waals surface area contributed by atoms with Crippen LogP contribution in [-0.2, 0) is 14.3 Å². The number of hydrogen-bond donors (Lipinski definition) is 1. The van der Waals surface area contributed by atoms with Crippen LogP contribution in [0.5, 0.6) is 0 Å². The number of nitrogens with zero attached hydrogens (tertiary/aromatic N) is 1. The number of ether oxygens (including phenoxy) is 1. The summed E-state index contributed by atoms with van der Waals surface area (Å²) in [5, 5.41) is 11.3. The summed E-state index contributed by atoms with van der Waals surface area (Å²) in [5.74, 6) is 6.23. The van der Waals surface area contributed by atoms with Gasteiger partial charge >= 0.3 is 5.97 Å². The molecule has 32 heavy (non-hydrogen) atoms. The van der Waals surface area contributed by atoms with Crippen molar-refractivity contribution in [2.24, 2.45) is 5.41 Å². The maximum atomic E-state index is 12.8. The van der Waals surface area contributed by atoms with Gasteiger partial charge in [0.25, 0.3) is 0 Å². The van der Waals surface area contributed by atoms with E-state index in [4.69, 9.17) is 4.74 Å². The summed E-state index contributed by atoms with van der Waals surface area (Å²) in [4.78, 5) is 26.6. The second-order valence-corrected chi connectivity index (χ2v) is 9.60. The first-order valence-electron chi connectivity index (χ1n) is 11.4. The van der Waals surface area contributed by atoms with Gasteiger partial charge in [0.05, 0.1) is 11.5 Å². The van der Waals surface area contributed by atoms with Gasteiger partial charge in [-0.15, -0.1) is 5.92 Å². The van der Waals surface area contributed by atoms with Crippen molar-refractivity contribution in [3.63, 3.8) is 0 Å². The molecule has 0 radical (unpaired) electrons. The van der Waals surface area contributed by atoms with Crippen LogP contribution in [0.3, 0.4) is 0 Å². The number of carbonyl (C=O) groups is 2. The molecule has 1 aliphatic rings. The van der Waals surface area contributed by atoms with Crippen LogP contribution in [0.4, 0.5) is 0 Å². The summed E-state index contributed by atoms with van der Waals surface area (Å²) in [6.07, 6.45) is 1.46. The SMILES string of the molecule is CC#Cc1cc(C)c(/C2=C(\OC(=O)C(C)(C)C)CCCN(C(C)=O)CCCC2O)c(C)c1. The lowest BCUT2D eigenvalue weighted by molar-refractivity contribution is -0.148. The number of rotatable bonds is 2. The molecule has 1 atom stereocenters. The van der Waals surface area contributed by atoms with Gasteiger partial charge in [-0.05, 0) is 89.6 Å². The van der Waals surface area contributed by atoms with Crippen LogP contribution in [-0.4, -0.2) is 41.1 Å². The molecule has 1 heterocycles. The number of aliphatic hydroxyl groups is 1. The van der Waals surface area contributed by atoms with Crippen LogP contribution in [0, 0.1) is 31.1 Å². The first-order chi connectivity index (χ1) is 15.0. The minimum absolute atomic E-state index is 0.0248. The van der Waals surface area contributed by atoms with E-state index in [1.54, 1.807) is 18.7 Å². The molecule has 0 aliphatic carbocycles. The summed E-state index contributed by atoms with van der Waals surface area (Å²) < 4.78 is 5.96. The molecular formula is C27H37NO4. The summed E-state index contributed by atoms with van der Waals surface area (Å²) in [6, 6.07) is 4.02. The average Bonchev–Trinajstić information content (AvgIpc) is 2.67. The zero-order valence-corrected chi connectivity index (χ0v) is 20.6. The average molecular weight is 440 g/mol. The third kappa shape index (κ3) is 6.46. The fourth-order valence-corrected chi connectivity index (χ4v) is 4.08. The number of esters is 1. The van der Waals surface area contributed by atoms with E-state index in [-0.39, 0.29) is 11.9 Å². The Morgan fingerprint density at radius 1 is 1.12 bits per heavy atom. The topological polar surface area (TPSA) is 66.8 Å². The van der Waals surface area contributed by atoms with Crippen LogP contribution in [0.1, 0.15) is 82.6 Å². The Hall–Kier alpha value is -2.58. The van der Waals surface area contributed by atoms with Crippen molar-refractivity contribution in [3.8, 4) is 11.8 Å². The maximum absolute atomic E-state index is 12.8. The highest BCUT2D eigenvalue weighted by Crippen LogP contribution is 2.35. The second-order valence-electron chi connectivity index (χ2n) is 9.60. The predicted octanol–water partition coefficient (Wildman–Crippen LogP) is 4.76. The molecule has 1 aromatic carbocycles. The molecular weight excluding hydrogens is 402 g/mol. The van der Waals surface area contributed by atoms with E-state index in [1.807, 2.05) is 46.8 Å². The lowest BCUT2D eigenvalue weighted by atomic mass is 9.87. The number of aliphatic hydroxyl groups excluding tert-OH is 1. The fraction of sp³-hybridized carbons (Fsp3) is 0.556. The molecule has 5 nitrogen and oxygen atoms in total. The zero-order chi connectivity index (χ0) is 24.1. The smallest absolute Gasteiger partial charge is 0.316 e. The van der Waals surface area contributed by atoms with Gasteiger partial charge < -0.3 is 14.7 Å². The summed E-state index contributed by atoms with van der Waals surface area (Å²) in [7, 11) is 0. The molecule has 0 bridgehead atoms. The monoisotopic (exact) mass is 439 g/mol. The quantitative estimate of drug-likeness (QED) is 0.533. The maximum Gasteiger partial charge on any atom is 0.316 e. The van der Waals surface area contributed by atoms with Crippen LogP contribution < -0.4 is 0 Å². The Morgan fingerprint density at radius 3 is 2.25 bits per heavy atom. The first-order valence-corrected chi connectivity index (χ1v) is 11.4. The van der Waals surface area contributed by atoms with Crippen LogP contribution in [0.15, 0.2) is 17.9 Å². The van der Waals surface area contributed by atoms with Gasteiger partial charge in [0.2, 0.25) is 5.91 Å². The van der Waals surface area contributed by atoms with Gasteiger partial charge in [-0.1, -0.05) is 5.92 Å². The first kappa shape index (κ1) is 25.7. The number of benzene rings is 1. The van der Waals surface area contributed by atoms with Crippen molar-refractivity contribution in [1.29, 1.82) is 0 Å². The Balaban J connectivity index is 2.65. The molecule has 1 aliphatic heterocycles. The Bertz CT molecular complexity index is 933. The second kappa shape index (κ2) is 10.8. The van der Waals surface area contributed by atoms with E-state index in [0.29, 0.717) is 50.1 Å². The minimum Gasteiger partial charge on any atom is -0.430 e. The van der Waals surface area contributed by atoms with Gasteiger partial charge in [-0.2, -0.15) is 0 Å². The van der Waals surface area contributed by atoms with Crippen LogP contribution in [0.25, 0.3) is 5.57 Å². The highest BCUT2D eigenvalue weighted by atomic mass is 16.5. The van der Waals surface area contributed by atoms with E-state index in [2.05, 4.69) is 11.8 Å². The molecule has 0 fully saturated rings. The van der Waals surface area contributed by atoms with Crippen molar-refractivity contribution in [3.05, 3.63) is 40.1 Å². The number of hydrogen-bond acceptors (Lipinski definition) is 4. The van der Waals surface area contributed by atoms with Gasteiger partial charge in [-0.3, -0.25) is 9.59 Å². The van der Waals surface area contributed by atoms with Crippen molar-refractivity contribution >= 4 is 17.4 Å². The molecule has 174 valence electrons. The van der Waals surface area contributed by atoms with Gasteiger partial charge in [0, 0.05) is 37.6 Å². The van der Waals surface area contributed by atoms with Crippen LogP contribution in [0.2, 0.25) is 0 Å². The third-order valence-electron chi connectivity index (χ3n) is 5.72. The highest BCUT2D eigenvalue weighted by Gasteiger charge is 2.29. The van der Waals surface area contributed by atoms with Crippen molar-refractivity contribution in [1.82, 2.24) is 4.90 Å². The summed E-state index contributed by atoms with van der Waals surface area (Å²) in [5.41, 5.74) is 3.83. The molecule has 0 saturated carbocycles. The largest absolute Gasteiger partial charge is 0.430 e. The lowest BCUT2D eigenvalue weighted by Crippen LogP contribution is -2.32. The van der Waals surface area contributed by atoms with E-state index in [0.717, 1.165) is 22.3 Å². The number of carbonyl (C=O) groups excluding carboxylic acids is 2. The number of aryl methyl sites for hydroxylation is 2. The zero-order valence-electron chi connectivity index (χ0n) is 20.6. The Labute approximate surface area is 192 Å². The van der Waals surface area contributed by atoms with Crippen LogP contribution >= 0.6 is 0 Å². The Morgan fingerprint density at radius 2 is 1.72 bits per heavy atom. The molecule has 1 N–H and O–H groups in total. The molecule has 0 spiro atoms. The molecule has 1 amide bonds. The minimum atomic E-state index is -0.801. The third-order valence-corrected chi connectivity index (χ3v) is 5.72. The fourth-order valence-electron chi connectivity index (χ4n) is 4.08. The molecule has 5 heteroatoms. The van der Waals surface area contributed by atoms with E-state index >= 15 is 0 Å². The molecule has 1 aromatic rings. The van der Waals surface area contributed by atoms with Crippen molar-refractivity contribution in [2.75, 3.05) is 13.1 Å². The number of allylic oxidation sites excluding steroid dienone is 1. The molecule has 0 aromatic heterocycles. The van der Waals surface area contributed by atoms with E-state index in [1.165, 1.54) is 0 Å². The van der Waals surface area contributed by atoms with Gasteiger partial charge in [-0.25, -0.2) is 0 Å². The van der Waals surface area contributed by atoms with E-state index < -0.39 is 11.5 Å². The van der Waals surface area contributed by atoms with E-state index in [9.17, 15) is 14.7 Å². The normalized spacial score (nSPS) is 20.2. The number of amides is 1.